The van der Waals surface area contributed by atoms with Gasteiger partial charge in [0.05, 0.1) is 6.61 Å². The van der Waals surface area contributed by atoms with Crippen molar-refractivity contribution in [3.63, 3.8) is 0 Å². The molecule has 0 fully saturated rings. The maximum absolute atomic E-state index is 11.0. The van der Waals surface area contributed by atoms with Crippen LogP contribution in [0, 0.1) is 6.92 Å². The summed E-state index contributed by atoms with van der Waals surface area (Å²) < 4.78 is 10.5. The van der Waals surface area contributed by atoms with Gasteiger partial charge in [0.15, 0.2) is 6.10 Å². The molecule has 0 aromatic heterocycles. The number of carbonyl (C=O) groups excluding carboxylic acids is 1. The maximum Gasteiger partial charge on any atom is 0.258 e. The zero-order valence-electron chi connectivity index (χ0n) is 11.7. The SMILES string of the molecule is COCCNCc1cc(C)ccc1OC(C)C(N)=O. The van der Waals surface area contributed by atoms with Crippen molar-refractivity contribution < 1.29 is 14.3 Å². The number of hydrogen-bond donors (Lipinski definition) is 2. The normalized spacial score (nSPS) is 12.2. The lowest BCUT2D eigenvalue weighted by molar-refractivity contribution is -0.124. The predicted molar refractivity (Wildman–Crippen MR) is 74.0 cm³/mol. The molecule has 5 heteroatoms. The Bertz CT molecular complexity index is 421. The molecular formula is C14H22N2O3. The molecule has 1 unspecified atom stereocenters. The molecule has 0 aliphatic heterocycles. The summed E-state index contributed by atoms with van der Waals surface area (Å²) >= 11 is 0. The number of primary amides is 1. The van der Waals surface area contributed by atoms with Crippen LogP contribution in [-0.4, -0.2) is 32.3 Å². The van der Waals surface area contributed by atoms with Gasteiger partial charge >= 0.3 is 0 Å². The summed E-state index contributed by atoms with van der Waals surface area (Å²) in [5.41, 5.74) is 7.35. The third-order valence-corrected chi connectivity index (χ3v) is 2.72. The van der Waals surface area contributed by atoms with Crippen molar-refractivity contribution in [3.05, 3.63) is 29.3 Å². The van der Waals surface area contributed by atoms with Crippen LogP contribution >= 0.6 is 0 Å². The number of ether oxygens (including phenoxy) is 2. The van der Waals surface area contributed by atoms with E-state index in [-0.39, 0.29) is 0 Å². The second kappa shape index (κ2) is 7.76. The molecule has 1 amide bonds. The molecular weight excluding hydrogens is 244 g/mol. The minimum atomic E-state index is -0.638. The van der Waals surface area contributed by atoms with Crippen LogP contribution in [0.4, 0.5) is 0 Å². The Labute approximate surface area is 114 Å². The number of nitrogens with one attached hydrogen (secondary N) is 1. The molecule has 1 aromatic carbocycles. The first-order valence-corrected chi connectivity index (χ1v) is 6.29. The molecule has 1 atom stereocenters. The third-order valence-electron chi connectivity index (χ3n) is 2.72. The Kier molecular flexibility index (Phi) is 6.32. The van der Waals surface area contributed by atoms with E-state index in [4.69, 9.17) is 15.2 Å². The smallest absolute Gasteiger partial charge is 0.258 e. The van der Waals surface area contributed by atoms with E-state index in [0.29, 0.717) is 18.9 Å². The number of benzene rings is 1. The minimum absolute atomic E-state index is 0.473. The second-order valence-corrected chi connectivity index (χ2v) is 4.44. The summed E-state index contributed by atoms with van der Waals surface area (Å²) in [6, 6.07) is 5.84. The van der Waals surface area contributed by atoms with Crippen molar-refractivity contribution in [2.75, 3.05) is 20.3 Å². The van der Waals surface area contributed by atoms with E-state index in [2.05, 4.69) is 5.32 Å². The van der Waals surface area contributed by atoms with E-state index in [1.54, 1.807) is 14.0 Å². The molecule has 0 aliphatic carbocycles. The van der Waals surface area contributed by atoms with Crippen LogP contribution in [-0.2, 0) is 16.1 Å². The average Bonchev–Trinajstić information content (AvgIpc) is 2.37. The summed E-state index contributed by atoms with van der Waals surface area (Å²) in [5.74, 6) is 0.209. The molecule has 0 saturated heterocycles. The van der Waals surface area contributed by atoms with Gasteiger partial charge in [0, 0.05) is 25.8 Å². The Morgan fingerprint density at radius 2 is 2.21 bits per heavy atom. The van der Waals surface area contributed by atoms with Gasteiger partial charge < -0.3 is 20.5 Å². The van der Waals surface area contributed by atoms with Gasteiger partial charge in [-0.05, 0) is 19.9 Å². The van der Waals surface area contributed by atoms with Gasteiger partial charge in [-0.2, -0.15) is 0 Å². The Morgan fingerprint density at radius 1 is 1.47 bits per heavy atom. The highest BCUT2D eigenvalue weighted by atomic mass is 16.5. The first-order valence-electron chi connectivity index (χ1n) is 6.29. The fourth-order valence-electron chi connectivity index (χ4n) is 1.61. The van der Waals surface area contributed by atoms with Crippen LogP contribution in [0.25, 0.3) is 0 Å². The molecule has 0 aliphatic rings. The molecule has 19 heavy (non-hydrogen) atoms. The third kappa shape index (κ3) is 5.28. The van der Waals surface area contributed by atoms with E-state index in [0.717, 1.165) is 17.7 Å². The highest BCUT2D eigenvalue weighted by Crippen LogP contribution is 2.21. The average molecular weight is 266 g/mol. The van der Waals surface area contributed by atoms with E-state index in [1.165, 1.54) is 0 Å². The van der Waals surface area contributed by atoms with Crippen LogP contribution < -0.4 is 15.8 Å². The number of amides is 1. The lowest BCUT2D eigenvalue weighted by Gasteiger charge is -2.16. The summed E-state index contributed by atoms with van der Waals surface area (Å²) in [6.07, 6.45) is -0.638. The van der Waals surface area contributed by atoms with Gasteiger partial charge in [-0.3, -0.25) is 4.79 Å². The fourth-order valence-corrected chi connectivity index (χ4v) is 1.61. The van der Waals surface area contributed by atoms with Crippen LogP contribution in [0.3, 0.4) is 0 Å². The number of aryl methyl sites for hydroxylation is 1. The van der Waals surface area contributed by atoms with Crippen molar-refractivity contribution >= 4 is 5.91 Å². The van der Waals surface area contributed by atoms with Crippen LogP contribution in [0.5, 0.6) is 5.75 Å². The van der Waals surface area contributed by atoms with Crippen molar-refractivity contribution in [1.82, 2.24) is 5.32 Å². The van der Waals surface area contributed by atoms with E-state index in [9.17, 15) is 4.79 Å². The fraction of sp³-hybridized carbons (Fsp3) is 0.500. The van der Waals surface area contributed by atoms with Crippen molar-refractivity contribution in [3.8, 4) is 5.75 Å². The van der Waals surface area contributed by atoms with Crippen LogP contribution in [0.1, 0.15) is 18.1 Å². The van der Waals surface area contributed by atoms with Gasteiger partial charge in [-0.1, -0.05) is 17.7 Å². The van der Waals surface area contributed by atoms with Crippen LogP contribution in [0.15, 0.2) is 18.2 Å². The maximum atomic E-state index is 11.0. The molecule has 0 bridgehead atoms. The molecule has 5 nitrogen and oxygen atoms in total. The lowest BCUT2D eigenvalue weighted by Crippen LogP contribution is -2.31. The Balaban J connectivity index is 2.71. The number of carbonyl (C=O) groups is 1. The number of methoxy groups -OCH3 is 1. The molecule has 0 heterocycles. The first kappa shape index (κ1) is 15.5. The zero-order valence-corrected chi connectivity index (χ0v) is 11.7. The van der Waals surface area contributed by atoms with Gasteiger partial charge in [0.1, 0.15) is 5.75 Å². The molecule has 1 rings (SSSR count). The van der Waals surface area contributed by atoms with Crippen LogP contribution in [0.2, 0.25) is 0 Å². The van der Waals surface area contributed by atoms with Gasteiger partial charge in [0.25, 0.3) is 5.91 Å². The number of nitrogens with two attached hydrogens (primary N) is 1. The summed E-state index contributed by atoms with van der Waals surface area (Å²) in [7, 11) is 1.66. The summed E-state index contributed by atoms with van der Waals surface area (Å²) in [4.78, 5) is 11.0. The van der Waals surface area contributed by atoms with Gasteiger partial charge in [-0.25, -0.2) is 0 Å². The Morgan fingerprint density at radius 3 is 2.84 bits per heavy atom. The van der Waals surface area contributed by atoms with Crippen molar-refractivity contribution in [1.29, 1.82) is 0 Å². The predicted octanol–water partition coefficient (Wildman–Crippen LogP) is 0.984. The lowest BCUT2D eigenvalue weighted by atomic mass is 10.1. The van der Waals surface area contributed by atoms with Crippen molar-refractivity contribution in [2.45, 2.75) is 26.5 Å². The minimum Gasteiger partial charge on any atom is -0.481 e. The molecule has 1 aromatic rings. The first-order chi connectivity index (χ1) is 9.04. The molecule has 106 valence electrons. The standard InChI is InChI=1S/C14H22N2O3/c1-10-4-5-13(19-11(2)14(15)17)12(8-10)9-16-6-7-18-3/h4-5,8,11,16H,6-7,9H2,1-3H3,(H2,15,17). The Hall–Kier alpha value is -1.59. The van der Waals surface area contributed by atoms with E-state index < -0.39 is 12.0 Å². The summed E-state index contributed by atoms with van der Waals surface area (Å²) in [6.45, 7) is 5.73. The highest BCUT2D eigenvalue weighted by Gasteiger charge is 2.12. The summed E-state index contributed by atoms with van der Waals surface area (Å²) in [5, 5.41) is 3.25. The zero-order chi connectivity index (χ0) is 14.3. The monoisotopic (exact) mass is 266 g/mol. The number of rotatable bonds is 8. The van der Waals surface area contributed by atoms with E-state index >= 15 is 0 Å². The second-order valence-electron chi connectivity index (χ2n) is 4.44. The molecule has 0 saturated carbocycles. The van der Waals surface area contributed by atoms with Gasteiger partial charge in [0.2, 0.25) is 0 Å². The largest absolute Gasteiger partial charge is 0.481 e. The van der Waals surface area contributed by atoms with Gasteiger partial charge in [-0.15, -0.1) is 0 Å². The highest BCUT2D eigenvalue weighted by molar-refractivity contribution is 5.78. The molecule has 0 radical (unpaired) electrons. The topological polar surface area (TPSA) is 73.6 Å². The quantitative estimate of drug-likeness (QED) is 0.688. The number of hydrogen-bond acceptors (Lipinski definition) is 4. The molecule has 3 N–H and O–H groups in total. The van der Waals surface area contributed by atoms with E-state index in [1.807, 2.05) is 25.1 Å². The van der Waals surface area contributed by atoms with Crippen molar-refractivity contribution in [2.24, 2.45) is 5.73 Å². The molecule has 0 spiro atoms.